The van der Waals surface area contributed by atoms with Gasteiger partial charge in [0.05, 0.1) is 0 Å². The monoisotopic (exact) mass is 380 g/mol. The topological polar surface area (TPSA) is 55.6 Å². The van der Waals surface area contributed by atoms with Crippen molar-refractivity contribution in [2.45, 2.75) is 32.4 Å². The van der Waals surface area contributed by atoms with Crippen LogP contribution in [0.3, 0.4) is 0 Å². The summed E-state index contributed by atoms with van der Waals surface area (Å²) < 4.78 is 5.81. The molecule has 1 aromatic carbocycles. The molecule has 1 saturated heterocycles. The van der Waals surface area contributed by atoms with E-state index in [4.69, 9.17) is 10.5 Å². The minimum absolute atomic E-state index is 0. The van der Waals surface area contributed by atoms with Crippen molar-refractivity contribution in [1.82, 2.24) is 4.90 Å². The first-order valence-electron chi connectivity index (χ1n) is 8.43. The third kappa shape index (κ3) is 5.21. The summed E-state index contributed by atoms with van der Waals surface area (Å²) in [6.45, 7) is 4.11. The molecule has 6 heteroatoms. The van der Waals surface area contributed by atoms with E-state index in [1.165, 1.54) is 4.88 Å². The predicted octanol–water partition coefficient (Wildman–Crippen LogP) is 3.95. The Hall–Kier alpha value is -1.56. The highest BCUT2D eigenvalue weighted by Gasteiger charge is 2.26. The van der Waals surface area contributed by atoms with Crippen LogP contribution in [0, 0.1) is 5.92 Å². The maximum absolute atomic E-state index is 12.8. The number of piperidine rings is 1. The summed E-state index contributed by atoms with van der Waals surface area (Å²) in [4.78, 5) is 15.9. The highest BCUT2D eigenvalue weighted by Crippen LogP contribution is 2.22. The van der Waals surface area contributed by atoms with E-state index in [9.17, 15) is 4.79 Å². The lowest BCUT2D eigenvalue weighted by Crippen LogP contribution is -2.45. The number of benzene rings is 1. The Balaban J connectivity index is 0.00000225. The lowest BCUT2D eigenvalue weighted by molar-refractivity contribution is 0.0660. The zero-order chi connectivity index (χ0) is 16.9. The first-order chi connectivity index (χ1) is 11.6. The number of carbonyl (C=O) groups is 1. The average molecular weight is 381 g/mol. The molecule has 0 spiro atoms. The number of amides is 1. The second kappa shape index (κ2) is 9.22. The molecule has 2 N–H and O–H groups in total. The number of hydrogen-bond donors (Lipinski definition) is 1. The van der Waals surface area contributed by atoms with Crippen molar-refractivity contribution in [3.05, 3.63) is 52.2 Å². The normalized spacial score (nSPS) is 18.3. The van der Waals surface area contributed by atoms with E-state index in [-0.39, 0.29) is 24.4 Å². The van der Waals surface area contributed by atoms with Gasteiger partial charge in [0.1, 0.15) is 12.4 Å². The van der Waals surface area contributed by atoms with Crippen LogP contribution in [-0.2, 0) is 6.61 Å². The highest BCUT2D eigenvalue weighted by molar-refractivity contribution is 7.09. The van der Waals surface area contributed by atoms with Crippen molar-refractivity contribution in [2.75, 3.05) is 13.1 Å². The Bertz CT molecular complexity index is 676. The number of thiophene rings is 1. The van der Waals surface area contributed by atoms with Crippen molar-refractivity contribution in [3.8, 4) is 5.75 Å². The third-order valence-corrected chi connectivity index (χ3v) is 5.38. The Morgan fingerprint density at radius 3 is 2.96 bits per heavy atom. The van der Waals surface area contributed by atoms with Crippen molar-refractivity contribution in [2.24, 2.45) is 11.7 Å². The molecule has 0 aliphatic carbocycles. The molecule has 1 aliphatic heterocycles. The summed E-state index contributed by atoms with van der Waals surface area (Å²) >= 11 is 1.67. The van der Waals surface area contributed by atoms with Crippen LogP contribution in [0.1, 0.15) is 35.0 Å². The lowest BCUT2D eigenvalue weighted by Gasteiger charge is -2.34. The van der Waals surface area contributed by atoms with E-state index >= 15 is 0 Å². The quantitative estimate of drug-likeness (QED) is 0.854. The van der Waals surface area contributed by atoms with Gasteiger partial charge in [-0.15, -0.1) is 23.7 Å². The number of nitrogens with two attached hydrogens (primary N) is 1. The van der Waals surface area contributed by atoms with Crippen LogP contribution >= 0.6 is 23.7 Å². The summed E-state index contributed by atoms with van der Waals surface area (Å²) in [5.74, 6) is 1.19. The van der Waals surface area contributed by atoms with Gasteiger partial charge in [0.2, 0.25) is 0 Å². The van der Waals surface area contributed by atoms with E-state index in [1.54, 1.807) is 11.3 Å². The predicted molar refractivity (Wildman–Crippen MR) is 105 cm³/mol. The van der Waals surface area contributed by atoms with Gasteiger partial charge in [-0.1, -0.05) is 12.1 Å². The van der Waals surface area contributed by atoms with Crippen LogP contribution < -0.4 is 10.5 Å². The number of nitrogens with zero attached hydrogens (tertiary/aromatic N) is 1. The van der Waals surface area contributed by atoms with Crippen molar-refractivity contribution in [3.63, 3.8) is 0 Å². The molecule has 0 radical (unpaired) electrons. The van der Waals surface area contributed by atoms with E-state index in [1.807, 2.05) is 53.6 Å². The molecule has 4 nitrogen and oxygen atoms in total. The van der Waals surface area contributed by atoms with Crippen molar-refractivity contribution >= 4 is 29.7 Å². The van der Waals surface area contributed by atoms with E-state index in [0.29, 0.717) is 18.1 Å². The zero-order valence-corrected chi connectivity index (χ0v) is 16.0. The van der Waals surface area contributed by atoms with E-state index in [2.05, 4.69) is 0 Å². The summed E-state index contributed by atoms with van der Waals surface area (Å²) in [5.41, 5.74) is 6.71. The first kappa shape index (κ1) is 19.8. The summed E-state index contributed by atoms with van der Waals surface area (Å²) in [5, 5.41) is 2.03. The molecule has 25 heavy (non-hydrogen) atoms. The Morgan fingerprint density at radius 2 is 2.24 bits per heavy atom. The highest BCUT2D eigenvalue weighted by atomic mass is 35.5. The summed E-state index contributed by atoms with van der Waals surface area (Å²) in [6.07, 6.45) is 2.12. The molecule has 2 unspecified atom stereocenters. The van der Waals surface area contributed by atoms with Gasteiger partial charge in [0.25, 0.3) is 5.91 Å². The lowest BCUT2D eigenvalue weighted by atomic mass is 9.92. The third-order valence-electron chi connectivity index (χ3n) is 4.53. The van der Waals surface area contributed by atoms with Crippen LogP contribution in [0.2, 0.25) is 0 Å². The Labute approximate surface area is 159 Å². The molecule has 1 aromatic heterocycles. The molecule has 136 valence electrons. The van der Waals surface area contributed by atoms with Crippen LogP contribution in [0.5, 0.6) is 5.75 Å². The number of likely N-dealkylation sites (tertiary alicyclic amines) is 1. The molecule has 2 aromatic rings. The standard InChI is InChI=1S/C19H24N2O2S.ClH/c1-14(20)16-6-3-9-21(12-16)19(22)15-5-2-7-17(11-15)23-13-18-8-4-10-24-18;/h2,4-5,7-8,10-11,14,16H,3,6,9,12-13,20H2,1H3;1H. The van der Waals surface area contributed by atoms with Crippen molar-refractivity contribution < 1.29 is 9.53 Å². The van der Waals surface area contributed by atoms with Gasteiger partial charge in [0, 0.05) is 29.6 Å². The van der Waals surface area contributed by atoms with Crippen LogP contribution in [0.4, 0.5) is 0 Å². The zero-order valence-electron chi connectivity index (χ0n) is 14.4. The molecule has 3 rings (SSSR count). The van der Waals surface area contributed by atoms with E-state index < -0.39 is 0 Å². The fourth-order valence-corrected chi connectivity index (χ4v) is 3.69. The molecule has 1 fully saturated rings. The van der Waals surface area contributed by atoms with Gasteiger partial charge < -0.3 is 15.4 Å². The second-order valence-electron chi connectivity index (χ2n) is 6.41. The fourth-order valence-electron chi connectivity index (χ4n) is 3.07. The number of halogens is 1. The molecule has 0 saturated carbocycles. The van der Waals surface area contributed by atoms with Gasteiger partial charge >= 0.3 is 0 Å². The Kier molecular flexibility index (Phi) is 7.29. The van der Waals surface area contributed by atoms with E-state index in [0.717, 1.165) is 31.7 Å². The Morgan fingerprint density at radius 1 is 1.40 bits per heavy atom. The summed E-state index contributed by atoms with van der Waals surface area (Å²) in [7, 11) is 0. The second-order valence-corrected chi connectivity index (χ2v) is 7.44. The number of carbonyl (C=O) groups excluding carboxylic acids is 1. The van der Waals surface area contributed by atoms with Crippen LogP contribution in [0.15, 0.2) is 41.8 Å². The molecule has 2 heterocycles. The van der Waals surface area contributed by atoms with Gasteiger partial charge in [-0.2, -0.15) is 0 Å². The minimum Gasteiger partial charge on any atom is -0.488 e. The average Bonchev–Trinajstić information content (AvgIpc) is 3.13. The van der Waals surface area contributed by atoms with Crippen LogP contribution in [-0.4, -0.2) is 29.9 Å². The number of hydrogen-bond acceptors (Lipinski definition) is 4. The van der Waals surface area contributed by atoms with Gasteiger partial charge in [0.15, 0.2) is 0 Å². The fraction of sp³-hybridized carbons (Fsp3) is 0.421. The van der Waals surface area contributed by atoms with Gasteiger partial charge in [-0.3, -0.25) is 4.79 Å². The van der Waals surface area contributed by atoms with Crippen molar-refractivity contribution in [1.29, 1.82) is 0 Å². The molecular formula is C19H25ClN2O2S. The first-order valence-corrected chi connectivity index (χ1v) is 9.31. The molecule has 2 atom stereocenters. The maximum Gasteiger partial charge on any atom is 0.253 e. The van der Waals surface area contributed by atoms with Gasteiger partial charge in [-0.25, -0.2) is 0 Å². The molecule has 0 bridgehead atoms. The number of rotatable bonds is 5. The molecule has 1 amide bonds. The molecule has 1 aliphatic rings. The largest absolute Gasteiger partial charge is 0.488 e. The smallest absolute Gasteiger partial charge is 0.253 e. The molecular weight excluding hydrogens is 356 g/mol. The summed E-state index contributed by atoms with van der Waals surface area (Å²) in [6, 6.07) is 11.6. The van der Waals surface area contributed by atoms with Crippen LogP contribution in [0.25, 0.3) is 0 Å². The number of ether oxygens (including phenoxy) is 1. The SMILES string of the molecule is CC(N)C1CCCN(C(=O)c2cccc(OCc3cccs3)c2)C1.Cl. The minimum atomic E-state index is 0. The van der Waals surface area contributed by atoms with Gasteiger partial charge in [-0.05, 0) is 55.3 Å². The maximum atomic E-state index is 12.8.